The molecule has 1 aliphatic heterocycles. The standard InChI is InChI=1S/C13H20F3N5/c1-2-10(17)11(13(14,15)16)20-6-8-21(9-7-20)12-18-4-3-5-19-12/h3-5,10-11H,2,6-9,17H2,1H3. The fourth-order valence-corrected chi connectivity index (χ4v) is 2.60. The van der Waals surface area contributed by atoms with Crippen LogP contribution in [0.3, 0.4) is 0 Å². The van der Waals surface area contributed by atoms with E-state index in [1.165, 1.54) is 4.90 Å². The summed E-state index contributed by atoms with van der Waals surface area (Å²) >= 11 is 0. The Morgan fingerprint density at radius 2 is 1.76 bits per heavy atom. The van der Waals surface area contributed by atoms with Gasteiger partial charge in [0.1, 0.15) is 6.04 Å². The molecule has 0 radical (unpaired) electrons. The molecule has 1 saturated heterocycles. The smallest absolute Gasteiger partial charge is 0.338 e. The summed E-state index contributed by atoms with van der Waals surface area (Å²) in [7, 11) is 0. The fraction of sp³-hybridized carbons (Fsp3) is 0.692. The summed E-state index contributed by atoms with van der Waals surface area (Å²) in [4.78, 5) is 11.6. The SMILES string of the molecule is CCC(N)C(N1CCN(c2ncccn2)CC1)C(F)(F)F. The Labute approximate surface area is 122 Å². The molecule has 1 aromatic rings. The Hall–Kier alpha value is -1.41. The lowest BCUT2D eigenvalue weighted by Crippen LogP contribution is -2.61. The predicted molar refractivity (Wildman–Crippen MR) is 73.9 cm³/mol. The minimum Gasteiger partial charge on any atom is -0.338 e. The molecule has 0 saturated carbocycles. The Morgan fingerprint density at radius 3 is 2.24 bits per heavy atom. The van der Waals surface area contributed by atoms with Crippen LogP contribution in [0.2, 0.25) is 0 Å². The van der Waals surface area contributed by atoms with Crippen molar-refractivity contribution in [3.63, 3.8) is 0 Å². The number of nitrogens with zero attached hydrogens (tertiary/aromatic N) is 4. The van der Waals surface area contributed by atoms with Crippen molar-refractivity contribution in [3.05, 3.63) is 18.5 Å². The van der Waals surface area contributed by atoms with Gasteiger partial charge >= 0.3 is 6.18 Å². The van der Waals surface area contributed by atoms with Crippen LogP contribution < -0.4 is 10.6 Å². The second kappa shape index (κ2) is 6.57. The maximum atomic E-state index is 13.2. The van der Waals surface area contributed by atoms with Crippen LogP contribution in [-0.2, 0) is 0 Å². The van der Waals surface area contributed by atoms with E-state index in [9.17, 15) is 13.2 Å². The molecule has 0 spiro atoms. The quantitative estimate of drug-likeness (QED) is 0.907. The topological polar surface area (TPSA) is 58.3 Å². The van der Waals surface area contributed by atoms with Gasteiger partial charge in [-0.1, -0.05) is 6.92 Å². The van der Waals surface area contributed by atoms with Gasteiger partial charge in [-0.05, 0) is 12.5 Å². The Morgan fingerprint density at radius 1 is 1.19 bits per heavy atom. The van der Waals surface area contributed by atoms with E-state index in [0.717, 1.165) is 0 Å². The highest BCUT2D eigenvalue weighted by atomic mass is 19.4. The lowest BCUT2D eigenvalue weighted by Gasteiger charge is -2.41. The van der Waals surface area contributed by atoms with Crippen LogP contribution in [0, 0.1) is 0 Å². The zero-order chi connectivity index (χ0) is 15.5. The molecule has 5 nitrogen and oxygen atoms in total. The summed E-state index contributed by atoms with van der Waals surface area (Å²) in [6.45, 7) is 3.21. The first kappa shape index (κ1) is 16.0. The van der Waals surface area contributed by atoms with Crippen molar-refractivity contribution in [2.45, 2.75) is 31.6 Å². The third-order valence-corrected chi connectivity index (χ3v) is 3.75. The van der Waals surface area contributed by atoms with Gasteiger partial charge in [-0.15, -0.1) is 0 Å². The van der Waals surface area contributed by atoms with Crippen molar-refractivity contribution < 1.29 is 13.2 Å². The average molecular weight is 303 g/mol. The highest BCUT2D eigenvalue weighted by molar-refractivity contribution is 5.29. The first-order valence-electron chi connectivity index (χ1n) is 7.01. The zero-order valence-corrected chi connectivity index (χ0v) is 11.9. The Balaban J connectivity index is 2.02. The number of nitrogens with two attached hydrogens (primary N) is 1. The maximum absolute atomic E-state index is 13.2. The predicted octanol–water partition coefficient (Wildman–Crippen LogP) is 1.27. The highest BCUT2D eigenvalue weighted by Gasteiger charge is 2.47. The van der Waals surface area contributed by atoms with Gasteiger partial charge in [-0.25, -0.2) is 9.97 Å². The molecule has 0 aromatic carbocycles. The summed E-state index contributed by atoms with van der Waals surface area (Å²) in [6, 6.07) is -0.773. The van der Waals surface area contributed by atoms with Crippen molar-refractivity contribution in [2.75, 3.05) is 31.1 Å². The second-order valence-corrected chi connectivity index (χ2v) is 5.13. The molecular formula is C13H20F3N5. The van der Waals surface area contributed by atoms with Crippen molar-refractivity contribution in [2.24, 2.45) is 5.73 Å². The average Bonchev–Trinajstić information content (AvgIpc) is 2.47. The van der Waals surface area contributed by atoms with E-state index in [-0.39, 0.29) is 0 Å². The Bertz CT molecular complexity index is 431. The molecule has 2 N–H and O–H groups in total. The van der Waals surface area contributed by atoms with Crippen LogP contribution in [0.15, 0.2) is 18.5 Å². The van der Waals surface area contributed by atoms with E-state index in [1.54, 1.807) is 25.4 Å². The molecule has 2 atom stereocenters. The molecule has 0 aliphatic carbocycles. The third-order valence-electron chi connectivity index (χ3n) is 3.75. The van der Waals surface area contributed by atoms with Gasteiger partial charge in [-0.2, -0.15) is 13.2 Å². The monoisotopic (exact) mass is 303 g/mol. The molecule has 1 aliphatic rings. The van der Waals surface area contributed by atoms with E-state index in [1.807, 2.05) is 4.90 Å². The van der Waals surface area contributed by atoms with Crippen molar-refractivity contribution in [1.29, 1.82) is 0 Å². The largest absolute Gasteiger partial charge is 0.405 e. The molecule has 0 bridgehead atoms. The van der Waals surface area contributed by atoms with E-state index >= 15 is 0 Å². The summed E-state index contributed by atoms with van der Waals surface area (Å²) in [5.74, 6) is 0.556. The summed E-state index contributed by atoms with van der Waals surface area (Å²) in [6.07, 6.45) is -0.756. The fourth-order valence-electron chi connectivity index (χ4n) is 2.60. The number of hydrogen-bond donors (Lipinski definition) is 1. The summed E-state index contributed by atoms with van der Waals surface area (Å²) in [5, 5.41) is 0. The molecule has 2 rings (SSSR count). The summed E-state index contributed by atoms with van der Waals surface area (Å²) < 4.78 is 39.6. The van der Waals surface area contributed by atoms with Crippen LogP contribution in [-0.4, -0.2) is 59.3 Å². The second-order valence-electron chi connectivity index (χ2n) is 5.13. The van der Waals surface area contributed by atoms with Gasteiger partial charge in [0.05, 0.1) is 0 Å². The van der Waals surface area contributed by atoms with Crippen molar-refractivity contribution in [1.82, 2.24) is 14.9 Å². The van der Waals surface area contributed by atoms with Crippen LogP contribution in [0.1, 0.15) is 13.3 Å². The van der Waals surface area contributed by atoms with Gasteiger partial charge in [0.15, 0.2) is 0 Å². The van der Waals surface area contributed by atoms with E-state index in [0.29, 0.717) is 38.5 Å². The molecular weight excluding hydrogens is 283 g/mol. The third kappa shape index (κ3) is 3.82. The first-order valence-corrected chi connectivity index (χ1v) is 7.01. The van der Waals surface area contributed by atoms with E-state index in [2.05, 4.69) is 9.97 Å². The van der Waals surface area contributed by atoms with Crippen molar-refractivity contribution >= 4 is 5.95 Å². The molecule has 2 unspecified atom stereocenters. The van der Waals surface area contributed by atoms with Gasteiger partial charge < -0.3 is 10.6 Å². The number of alkyl halides is 3. The Kier molecular flexibility index (Phi) is 5.00. The minimum atomic E-state index is -4.30. The van der Waals surface area contributed by atoms with Crippen LogP contribution in [0.25, 0.3) is 0 Å². The maximum Gasteiger partial charge on any atom is 0.405 e. The number of piperazine rings is 1. The van der Waals surface area contributed by atoms with Crippen LogP contribution in [0.5, 0.6) is 0 Å². The molecule has 2 heterocycles. The molecule has 118 valence electrons. The lowest BCUT2D eigenvalue weighted by molar-refractivity contribution is -0.190. The van der Waals surface area contributed by atoms with Gasteiger partial charge in [-0.3, -0.25) is 4.90 Å². The van der Waals surface area contributed by atoms with Crippen molar-refractivity contribution in [3.8, 4) is 0 Å². The molecule has 1 fully saturated rings. The van der Waals surface area contributed by atoms with Crippen LogP contribution in [0.4, 0.5) is 19.1 Å². The van der Waals surface area contributed by atoms with E-state index < -0.39 is 18.3 Å². The van der Waals surface area contributed by atoms with Crippen LogP contribution >= 0.6 is 0 Å². The first-order chi connectivity index (χ1) is 9.93. The normalized spacial score (nSPS) is 20.3. The highest BCUT2D eigenvalue weighted by Crippen LogP contribution is 2.28. The summed E-state index contributed by atoms with van der Waals surface area (Å²) in [5.41, 5.74) is 5.68. The molecule has 1 aromatic heterocycles. The zero-order valence-electron chi connectivity index (χ0n) is 11.9. The van der Waals surface area contributed by atoms with Gasteiger partial charge in [0.2, 0.25) is 5.95 Å². The number of rotatable bonds is 4. The number of halogens is 3. The number of aromatic nitrogens is 2. The lowest BCUT2D eigenvalue weighted by atomic mass is 10.0. The molecule has 0 amide bonds. The number of anilines is 1. The van der Waals surface area contributed by atoms with Gasteiger partial charge in [0, 0.05) is 44.6 Å². The minimum absolute atomic E-state index is 0.298. The van der Waals surface area contributed by atoms with E-state index in [4.69, 9.17) is 5.73 Å². The molecule has 21 heavy (non-hydrogen) atoms. The number of hydrogen-bond acceptors (Lipinski definition) is 5. The van der Waals surface area contributed by atoms with Gasteiger partial charge in [0.25, 0.3) is 0 Å². The molecule has 8 heteroatoms.